The van der Waals surface area contributed by atoms with E-state index in [4.69, 9.17) is 4.74 Å². The van der Waals surface area contributed by atoms with Crippen LogP contribution in [0.25, 0.3) is 0 Å². The summed E-state index contributed by atoms with van der Waals surface area (Å²) in [4.78, 5) is 6.66. The van der Waals surface area contributed by atoms with Crippen molar-refractivity contribution in [1.29, 1.82) is 0 Å². The molecule has 4 nitrogen and oxygen atoms in total. The number of hydrogen-bond acceptors (Lipinski definition) is 4. The minimum Gasteiger partial charge on any atom is -0.380 e. The molecular formula is C13H23N3O. The van der Waals surface area contributed by atoms with Crippen molar-refractivity contribution in [2.45, 2.75) is 20.4 Å². The number of hydrogen-bond donors (Lipinski definition) is 1. The first-order valence-corrected chi connectivity index (χ1v) is 6.08. The molecule has 1 rings (SSSR count). The molecule has 4 heteroatoms. The molecule has 96 valence electrons. The Bertz CT molecular complexity index is 341. The molecule has 0 amide bonds. The van der Waals surface area contributed by atoms with Crippen molar-refractivity contribution in [3.8, 4) is 0 Å². The zero-order valence-electron chi connectivity index (χ0n) is 11.3. The predicted octanol–water partition coefficient (Wildman–Crippen LogP) is 1.58. The highest BCUT2D eigenvalue weighted by Gasteiger charge is 2.05. The molecule has 0 fully saturated rings. The molecule has 0 spiro atoms. The van der Waals surface area contributed by atoms with E-state index in [-0.39, 0.29) is 0 Å². The second-order valence-electron chi connectivity index (χ2n) is 4.12. The third kappa shape index (κ3) is 4.71. The molecule has 1 aromatic heterocycles. The highest BCUT2D eigenvalue weighted by atomic mass is 16.5. The first-order valence-electron chi connectivity index (χ1n) is 6.08. The van der Waals surface area contributed by atoms with E-state index in [1.165, 1.54) is 5.56 Å². The lowest BCUT2D eigenvalue weighted by Crippen LogP contribution is -2.24. The van der Waals surface area contributed by atoms with Crippen molar-refractivity contribution in [2.75, 3.05) is 38.8 Å². The summed E-state index contributed by atoms with van der Waals surface area (Å²) in [5, 5.41) is 3.16. The number of anilines is 1. The molecule has 0 aliphatic heterocycles. The van der Waals surface area contributed by atoms with Crippen LogP contribution in [-0.2, 0) is 11.3 Å². The van der Waals surface area contributed by atoms with E-state index >= 15 is 0 Å². The van der Waals surface area contributed by atoms with E-state index in [9.17, 15) is 0 Å². The van der Waals surface area contributed by atoms with Crippen LogP contribution < -0.4 is 10.2 Å². The number of nitrogens with one attached hydrogen (secondary N) is 1. The van der Waals surface area contributed by atoms with Crippen LogP contribution in [0, 0.1) is 6.92 Å². The zero-order chi connectivity index (χ0) is 12.7. The van der Waals surface area contributed by atoms with Gasteiger partial charge < -0.3 is 15.0 Å². The lowest BCUT2D eigenvalue weighted by Gasteiger charge is -2.19. The molecule has 1 aromatic rings. The minimum atomic E-state index is 0.740. The molecule has 17 heavy (non-hydrogen) atoms. The summed E-state index contributed by atoms with van der Waals surface area (Å²) in [6.07, 6.45) is 0. The highest BCUT2D eigenvalue weighted by molar-refractivity contribution is 5.41. The van der Waals surface area contributed by atoms with Gasteiger partial charge in [-0.15, -0.1) is 0 Å². The molecule has 0 saturated heterocycles. The molecule has 0 radical (unpaired) electrons. The lowest BCUT2D eigenvalue weighted by atomic mass is 10.2. The van der Waals surface area contributed by atoms with Gasteiger partial charge in [-0.2, -0.15) is 0 Å². The largest absolute Gasteiger partial charge is 0.380 e. The van der Waals surface area contributed by atoms with Crippen LogP contribution in [0.2, 0.25) is 0 Å². The zero-order valence-corrected chi connectivity index (χ0v) is 11.3. The topological polar surface area (TPSA) is 37.4 Å². The Kier molecular flexibility index (Phi) is 5.94. The van der Waals surface area contributed by atoms with E-state index in [1.807, 2.05) is 27.9 Å². The molecule has 0 aliphatic rings. The summed E-state index contributed by atoms with van der Waals surface area (Å²) in [6, 6.07) is 4.23. The van der Waals surface area contributed by atoms with Gasteiger partial charge in [0.1, 0.15) is 5.82 Å². The maximum Gasteiger partial charge on any atom is 0.128 e. The predicted molar refractivity (Wildman–Crippen MR) is 71.5 cm³/mol. The summed E-state index contributed by atoms with van der Waals surface area (Å²) in [7, 11) is 4.00. The van der Waals surface area contributed by atoms with Crippen LogP contribution >= 0.6 is 0 Å². The van der Waals surface area contributed by atoms with Gasteiger partial charge in [0, 0.05) is 32.4 Å². The van der Waals surface area contributed by atoms with Crippen molar-refractivity contribution >= 4 is 5.82 Å². The van der Waals surface area contributed by atoms with Gasteiger partial charge in [-0.25, -0.2) is 4.98 Å². The normalized spacial score (nSPS) is 10.6. The molecule has 1 heterocycles. The number of nitrogens with zero attached hydrogens (tertiary/aromatic N) is 2. The fourth-order valence-electron chi connectivity index (χ4n) is 1.68. The molecule has 1 N–H and O–H groups in total. The van der Waals surface area contributed by atoms with E-state index in [0.717, 1.165) is 37.8 Å². The SMILES string of the molecule is CCOCCN(C)c1cc(CNC)cc(C)n1. The molecule has 0 atom stereocenters. The van der Waals surface area contributed by atoms with Crippen LogP contribution in [-0.4, -0.2) is 38.8 Å². The number of ether oxygens (including phenoxy) is 1. The first-order chi connectivity index (χ1) is 8.17. The van der Waals surface area contributed by atoms with Gasteiger partial charge in [0.2, 0.25) is 0 Å². The fraction of sp³-hybridized carbons (Fsp3) is 0.615. The van der Waals surface area contributed by atoms with Crippen LogP contribution in [0.4, 0.5) is 5.82 Å². The molecule has 0 bridgehead atoms. The average molecular weight is 237 g/mol. The Labute approximate surface area is 104 Å². The fourth-order valence-corrected chi connectivity index (χ4v) is 1.68. The van der Waals surface area contributed by atoms with E-state index in [1.54, 1.807) is 0 Å². The van der Waals surface area contributed by atoms with Crippen molar-refractivity contribution < 1.29 is 4.74 Å². The highest BCUT2D eigenvalue weighted by Crippen LogP contribution is 2.13. The van der Waals surface area contributed by atoms with Gasteiger partial charge in [-0.3, -0.25) is 0 Å². The van der Waals surface area contributed by atoms with Crippen molar-refractivity contribution in [3.05, 3.63) is 23.4 Å². The Balaban J connectivity index is 2.67. The standard InChI is InChI=1S/C13H23N3O/c1-5-17-7-6-16(4)13-9-12(10-14-3)8-11(2)15-13/h8-9,14H,5-7,10H2,1-4H3. The lowest BCUT2D eigenvalue weighted by molar-refractivity contribution is 0.154. The number of rotatable bonds is 7. The third-order valence-corrected chi connectivity index (χ3v) is 2.55. The quantitative estimate of drug-likeness (QED) is 0.731. The maximum absolute atomic E-state index is 5.35. The maximum atomic E-state index is 5.35. The van der Waals surface area contributed by atoms with Gasteiger partial charge in [-0.1, -0.05) is 0 Å². The summed E-state index contributed by atoms with van der Waals surface area (Å²) < 4.78 is 5.35. The van der Waals surface area contributed by atoms with Gasteiger partial charge in [0.25, 0.3) is 0 Å². The summed E-state index contributed by atoms with van der Waals surface area (Å²) in [5.74, 6) is 1.01. The van der Waals surface area contributed by atoms with Gasteiger partial charge >= 0.3 is 0 Å². The van der Waals surface area contributed by atoms with Crippen LogP contribution in [0.3, 0.4) is 0 Å². The minimum absolute atomic E-state index is 0.740. The Morgan fingerprint density at radius 3 is 2.82 bits per heavy atom. The molecular weight excluding hydrogens is 214 g/mol. The van der Waals surface area contributed by atoms with E-state index in [0.29, 0.717) is 0 Å². The van der Waals surface area contributed by atoms with Crippen molar-refractivity contribution in [3.63, 3.8) is 0 Å². The van der Waals surface area contributed by atoms with E-state index < -0.39 is 0 Å². The van der Waals surface area contributed by atoms with Gasteiger partial charge in [-0.05, 0) is 38.6 Å². The van der Waals surface area contributed by atoms with Crippen molar-refractivity contribution in [2.24, 2.45) is 0 Å². The summed E-state index contributed by atoms with van der Waals surface area (Å²) >= 11 is 0. The summed E-state index contributed by atoms with van der Waals surface area (Å²) in [6.45, 7) is 7.28. The Morgan fingerprint density at radius 2 is 2.18 bits per heavy atom. The van der Waals surface area contributed by atoms with Crippen LogP contribution in [0.5, 0.6) is 0 Å². The molecule has 0 aromatic carbocycles. The second-order valence-corrected chi connectivity index (χ2v) is 4.12. The number of aryl methyl sites for hydroxylation is 1. The smallest absolute Gasteiger partial charge is 0.128 e. The molecule has 0 saturated carbocycles. The van der Waals surface area contributed by atoms with Gasteiger partial charge in [0.15, 0.2) is 0 Å². The van der Waals surface area contributed by atoms with E-state index in [2.05, 4.69) is 27.3 Å². The molecule has 0 unspecified atom stereocenters. The third-order valence-electron chi connectivity index (χ3n) is 2.55. The Hall–Kier alpha value is -1.13. The monoisotopic (exact) mass is 237 g/mol. The first kappa shape index (κ1) is 13.9. The van der Waals surface area contributed by atoms with Crippen LogP contribution in [0.1, 0.15) is 18.2 Å². The average Bonchev–Trinajstić information content (AvgIpc) is 2.29. The number of pyridine rings is 1. The summed E-state index contributed by atoms with van der Waals surface area (Å²) in [5.41, 5.74) is 2.31. The number of likely N-dealkylation sites (N-methyl/N-ethyl adjacent to an activating group) is 1. The molecule has 0 aliphatic carbocycles. The second kappa shape index (κ2) is 7.25. The number of aromatic nitrogens is 1. The van der Waals surface area contributed by atoms with Gasteiger partial charge in [0.05, 0.1) is 6.61 Å². The Morgan fingerprint density at radius 1 is 1.41 bits per heavy atom. The van der Waals surface area contributed by atoms with Crippen molar-refractivity contribution in [1.82, 2.24) is 10.3 Å². The van der Waals surface area contributed by atoms with Crippen LogP contribution in [0.15, 0.2) is 12.1 Å².